The van der Waals surface area contributed by atoms with Crippen LogP contribution >= 0.6 is 0 Å². The molecule has 1 aliphatic rings. The smallest absolute Gasteiger partial charge is 0.135 e. The second-order valence-corrected chi connectivity index (χ2v) is 15.4. The van der Waals surface area contributed by atoms with Crippen molar-refractivity contribution in [1.82, 2.24) is 14.5 Å². The van der Waals surface area contributed by atoms with E-state index < -0.39 is 0 Å². The van der Waals surface area contributed by atoms with E-state index in [0.29, 0.717) is 23.3 Å². The molecule has 4 heterocycles. The molecule has 8 rings (SSSR count). The number of ether oxygens (including phenoxy) is 1. The van der Waals surface area contributed by atoms with Crippen molar-refractivity contribution in [2.45, 2.75) is 72.6 Å². The van der Waals surface area contributed by atoms with Crippen LogP contribution in [-0.4, -0.2) is 14.5 Å². The molecule has 7 heteroatoms. The summed E-state index contributed by atoms with van der Waals surface area (Å²) in [4.78, 5) is 14.1. The normalized spacial score (nSPS) is 12.9. The zero-order valence-corrected chi connectivity index (χ0v) is 33.8. The summed E-state index contributed by atoms with van der Waals surface area (Å²) >= 11 is 0. The molecule has 0 fully saturated rings. The first-order valence-electron chi connectivity index (χ1n) is 18.1. The van der Waals surface area contributed by atoms with Crippen molar-refractivity contribution in [1.29, 1.82) is 0 Å². The molecule has 7 aromatic rings. The number of aromatic nitrogens is 3. The van der Waals surface area contributed by atoms with Crippen LogP contribution in [-0.2, 0) is 26.5 Å². The van der Waals surface area contributed by atoms with Crippen molar-refractivity contribution in [2.75, 3.05) is 9.80 Å². The maximum atomic E-state index is 6.55. The van der Waals surface area contributed by atoms with Gasteiger partial charge in [-0.2, -0.15) is 12.1 Å². The van der Waals surface area contributed by atoms with Gasteiger partial charge in [0.2, 0.25) is 0 Å². The van der Waals surface area contributed by atoms with Crippen molar-refractivity contribution >= 4 is 44.7 Å². The Morgan fingerprint density at radius 1 is 0.717 bits per heavy atom. The van der Waals surface area contributed by atoms with Gasteiger partial charge in [-0.25, -0.2) is 9.97 Å². The fourth-order valence-electron chi connectivity index (χ4n) is 7.28. The van der Waals surface area contributed by atoms with Gasteiger partial charge >= 0.3 is 0 Å². The van der Waals surface area contributed by atoms with Gasteiger partial charge in [0, 0.05) is 56.2 Å². The van der Waals surface area contributed by atoms with Gasteiger partial charge in [-0.1, -0.05) is 89.9 Å². The number of hydrogen-bond acceptors (Lipinski definition) is 5. The maximum Gasteiger partial charge on any atom is 0.135 e. The molecule has 0 N–H and O–H groups in total. The average molecular weight is 878 g/mol. The Labute approximate surface area is 327 Å². The topological polar surface area (TPSA) is 46.4 Å². The van der Waals surface area contributed by atoms with Gasteiger partial charge in [0.15, 0.2) is 0 Å². The molecule has 0 saturated heterocycles. The number of benzene rings is 4. The third-order valence-corrected chi connectivity index (χ3v) is 9.91. The fraction of sp³-hybridized carbons (Fsp3) is 0.239. The Morgan fingerprint density at radius 2 is 1.45 bits per heavy atom. The fourth-order valence-corrected chi connectivity index (χ4v) is 7.28. The van der Waals surface area contributed by atoms with Crippen molar-refractivity contribution in [3.05, 3.63) is 144 Å². The largest absolute Gasteiger partial charge is 0.509 e. The van der Waals surface area contributed by atoms with Crippen molar-refractivity contribution in [2.24, 2.45) is 0 Å². The van der Waals surface area contributed by atoms with Crippen LogP contribution in [0.1, 0.15) is 82.6 Å². The van der Waals surface area contributed by atoms with Crippen LogP contribution in [0.15, 0.2) is 103 Å². The Bertz CT molecular complexity index is 2430. The minimum atomic E-state index is -0.0107. The summed E-state index contributed by atoms with van der Waals surface area (Å²) in [7, 11) is 0. The quantitative estimate of drug-likeness (QED) is 0.149. The number of aryl methyl sites for hydroxylation is 1. The van der Waals surface area contributed by atoms with E-state index in [1.54, 1.807) is 0 Å². The summed E-state index contributed by atoms with van der Waals surface area (Å²) in [6.45, 7) is 20.0. The molecule has 1 aliphatic heterocycles. The Kier molecular flexibility index (Phi) is 9.71. The molecule has 0 amide bonds. The zero-order chi connectivity index (χ0) is 36.3. The van der Waals surface area contributed by atoms with Crippen LogP contribution in [0.2, 0.25) is 0 Å². The second-order valence-electron chi connectivity index (χ2n) is 15.4. The number of hydrogen-bond donors (Lipinski definition) is 0. The summed E-state index contributed by atoms with van der Waals surface area (Å²) in [6, 6.07) is 38.7. The van der Waals surface area contributed by atoms with Crippen LogP contribution in [0.25, 0.3) is 27.6 Å². The third-order valence-electron chi connectivity index (χ3n) is 9.91. The molecule has 3 aromatic heterocycles. The first kappa shape index (κ1) is 36.4. The van der Waals surface area contributed by atoms with E-state index in [2.05, 4.69) is 155 Å². The molecular formula is C46H44N5OPt-3. The van der Waals surface area contributed by atoms with E-state index in [1.807, 2.05) is 36.7 Å². The van der Waals surface area contributed by atoms with Gasteiger partial charge in [-0.15, -0.1) is 48.1 Å². The summed E-state index contributed by atoms with van der Waals surface area (Å²) in [5.74, 6) is 3.64. The average Bonchev–Trinajstić information content (AvgIpc) is 3.67. The van der Waals surface area contributed by atoms with Crippen LogP contribution in [0, 0.1) is 25.7 Å². The predicted molar refractivity (Wildman–Crippen MR) is 214 cm³/mol. The molecule has 0 spiro atoms. The third kappa shape index (κ3) is 6.63. The van der Waals surface area contributed by atoms with Gasteiger partial charge in [0.05, 0.1) is 5.69 Å². The van der Waals surface area contributed by atoms with E-state index >= 15 is 0 Å². The molecule has 4 aromatic carbocycles. The van der Waals surface area contributed by atoms with Crippen molar-refractivity contribution in [3.63, 3.8) is 0 Å². The first-order valence-corrected chi connectivity index (χ1v) is 18.1. The molecule has 0 aliphatic carbocycles. The van der Waals surface area contributed by atoms with E-state index in [-0.39, 0.29) is 26.5 Å². The number of fused-ring (bicyclic) bond motifs is 4. The minimum Gasteiger partial charge on any atom is -0.509 e. The molecule has 0 bridgehead atoms. The molecule has 0 saturated carbocycles. The van der Waals surface area contributed by atoms with E-state index in [1.165, 1.54) is 27.9 Å². The molecule has 0 atom stereocenters. The number of pyridine rings is 2. The molecular weight excluding hydrogens is 834 g/mol. The van der Waals surface area contributed by atoms with Crippen LogP contribution in [0.5, 0.6) is 11.5 Å². The summed E-state index contributed by atoms with van der Waals surface area (Å²) in [5.41, 5.74) is 10.1. The molecule has 53 heavy (non-hydrogen) atoms. The molecule has 0 radical (unpaired) electrons. The van der Waals surface area contributed by atoms with Crippen LogP contribution in [0.4, 0.5) is 22.9 Å². The second kappa shape index (κ2) is 14.1. The summed E-state index contributed by atoms with van der Waals surface area (Å²) < 4.78 is 8.74. The molecule has 272 valence electrons. The number of rotatable bonds is 7. The van der Waals surface area contributed by atoms with Gasteiger partial charge in [0.25, 0.3) is 0 Å². The van der Waals surface area contributed by atoms with E-state index in [0.717, 1.165) is 44.8 Å². The first-order chi connectivity index (χ1) is 25.0. The number of nitrogens with zero attached hydrogens (tertiary/aromatic N) is 5. The standard InChI is InChI=1S/C46H44N5O.Pt/c1-29(2)38-23-31(5)24-39(30(3)4)44(38)50-28-49(41-17-12-21-48-45(41)50)33-13-11-14-34(26-33)52-35-18-19-37-36-15-9-10-16-40(36)51(42(37)27-35)43-25-32(20-22-47-43)46(6,7)8;/h9-25,28-30H,1-8H3;/q-3;. The van der Waals surface area contributed by atoms with E-state index in [9.17, 15) is 0 Å². The predicted octanol–water partition coefficient (Wildman–Crippen LogP) is 12.2. The van der Waals surface area contributed by atoms with E-state index in [4.69, 9.17) is 14.7 Å². The summed E-state index contributed by atoms with van der Waals surface area (Å²) in [6.07, 6.45) is 3.76. The van der Waals surface area contributed by atoms with Crippen molar-refractivity contribution in [3.8, 4) is 17.3 Å². The van der Waals surface area contributed by atoms with Crippen LogP contribution < -0.4 is 14.5 Å². The molecule has 0 unspecified atom stereocenters. The summed E-state index contributed by atoms with van der Waals surface area (Å²) in [5, 5.41) is 2.24. The van der Waals surface area contributed by atoms with Gasteiger partial charge in [0.1, 0.15) is 11.6 Å². The monoisotopic (exact) mass is 877 g/mol. The number of anilines is 4. The zero-order valence-electron chi connectivity index (χ0n) is 31.5. The van der Waals surface area contributed by atoms with Gasteiger partial charge < -0.3 is 19.1 Å². The minimum absolute atomic E-state index is 0. The SMILES string of the molecule is Cc1cc(C(C)C)c(N2[CH-]N(c3[c-]c(Oc4[c-]c5c(cc4)c4ccccc4n5-c4cc(C(C)(C)C)ccn4)ccc3)c3cccnc32)c(C(C)C)c1.[Pt]. The Hall–Kier alpha value is -4.93. The van der Waals surface area contributed by atoms with Crippen LogP contribution in [0.3, 0.4) is 0 Å². The Morgan fingerprint density at radius 3 is 2.19 bits per heavy atom. The maximum absolute atomic E-state index is 6.55. The molecule has 6 nitrogen and oxygen atoms in total. The van der Waals surface area contributed by atoms with Crippen molar-refractivity contribution < 1.29 is 25.8 Å². The number of para-hydroxylation sites is 1. The van der Waals surface area contributed by atoms with Gasteiger partial charge in [-0.05, 0) is 76.6 Å². The van der Waals surface area contributed by atoms with Gasteiger partial charge in [-0.3, -0.25) is 0 Å². The Balaban J connectivity index is 0.00000435.